The fraction of sp³-hybridized carbons (Fsp3) is 0.417. The SMILES string of the molecule is O=C(Nc1ccccc1C(=O)NC[C@H]1CCCO1)c1ccc(CS(=O)(=O)N2CCCC2)cc1. The van der Waals surface area contributed by atoms with Gasteiger partial charge < -0.3 is 15.4 Å². The van der Waals surface area contributed by atoms with Crippen molar-refractivity contribution in [1.82, 2.24) is 9.62 Å². The molecule has 1 atom stereocenters. The summed E-state index contributed by atoms with van der Waals surface area (Å²) in [5.74, 6) is -0.727. The number of benzene rings is 2. The van der Waals surface area contributed by atoms with E-state index in [1.165, 1.54) is 4.31 Å². The first-order valence-corrected chi connectivity index (χ1v) is 12.9. The second-order valence-electron chi connectivity index (χ2n) is 8.40. The number of hydrogen-bond acceptors (Lipinski definition) is 5. The summed E-state index contributed by atoms with van der Waals surface area (Å²) in [4.78, 5) is 25.4. The molecule has 2 aromatic rings. The minimum Gasteiger partial charge on any atom is -0.376 e. The minimum atomic E-state index is -3.34. The zero-order valence-corrected chi connectivity index (χ0v) is 19.3. The molecular weight excluding hydrogens is 442 g/mol. The van der Waals surface area contributed by atoms with Gasteiger partial charge in [-0.3, -0.25) is 9.59 Å². The monoisotopic (exact) mass is 471 g/mol. The van der Waals surface area contributed by atoms with Crippen LogP contribution in [0.25, 0.3) is 0 Å². The summed E-state index contributed by atoms with van der Waals surface area (Å²) in [5, 5.41) is 5.66. The molecule has 2 amide bonds. The Morgan fingerprint density at radius 2 is 1.70 bits per heavy atom. The first kappa shape index (κ1) is 23.4. The number of carbonyl (C=O) groups excluding carboxylic acids is 2. The van der Waals surface area contributed by atoms with Gasteiger partial charge in [0, 0.05) is 31.8 Å². The topological polar surface area (TPSA) is 105 Å². The predicted octanol–water partition coefficient (Wildman–Crippen LogP) is 2.77. The van der Waals surface area contributed by atoms with E-state index >= 15 is 0 Å². The number of ether oxygens (including phenoxy) is 1. The van der Waals surface area contributed by atoms with E-state index in [9.17, 15) is 18.0 Å². The second-order valence-corrected chi connectivity index (χ2v) is 10.4. The molecule has 2 aliphatic heterocycles. The molecule has 176 valence electrons. The van der Waals surface area contributed by atoms with Crippen molar-refractivity contribution in [3.8, 4) is 0 Å². The average Bonchev–Trinajstić information content (AvgIpc) is 3.53. The molecule has 2 saturated heterocycles. The first-order valence-electron chi connectivity index (χ1n) is 11.3. The smallest absolute Gasteiger partial charge is 0.255 e. The quantitative estimate of drug-likeness (QED) is 0.616. The lowest BCUT2D eigenvalue weighted by atomic mass is 10.1. The van der Waals surface area contributed by atoms with Crippen LogP contribution in [0.1, 0.15) is 52.0 Å². The number of carbonyl (C=O) groups is 2. The molecule has 0 bridgehead atoms. The number of nitrogens with zero attached hydrogens (tertiary/aromatic N) is 1. The van der Waals surface area contributed by atoms with E-state index in [0.29, 0.717) is 42.0 Å². The van der Waals surface area contributed by atoms with Gasteiger partial charge in [0.05, 0.1) is 23.1 Å². The Hall–Kier alpha value is -2.75. The third-order valence-corrected chi connectivity index (χ3v) is 7.81. The van der Waals surface area contributed by atoms with Crippen LogP contribution >= 0.6 is 0 Å². The first-order chi connectivity index (χ1) is 15.9. The number of anilines is 1. The van der Waals surface area contributed by atoms with Crippen molar-refractivity contribution in [2.75, 3.05) is 31.6 Å². The zero-order valence-electron chi connectivity index (χ0n) is 18.5. The van der Waals surface area contributed by atoms with Crippen LogP contribution in [0, 0.1) is 0 Å². The predicted molar refractivity (Wildman–Crippen MR) is 126 cm³/mol. The number of para-hydroxylation sites is 1. The van der Waals surface area contributed by atoms with Crippen molar-refractivity contribution in [1.29, 1.82) is 0 Å². The molecule has 0 aliphatic carbocycles. The van der Waals surface area contributed by atoms with Crippen LogP contribution in [0.3, 0.4) is 0 Å². The number of nitrogens with one attached hydrogen (secondary N) is 2. The number of sulfonamides is 1. The number of amides is 2. The van der Waals surface area contributed by atoms with Gasteiger partial charge in [-0.1, -0.05) is 24.3 Å². The summed E-state index contributed by atoms with van der Waals surface area (Å²) in [7, 11) is -3.34. The molecule has 2 aliphatic rings. The van der Waals surface area contributed by atoms with Gasteiger partial charge >= 0.3 is 0 Å². The number of hydrogen-bond donors (Lipinski definition) is 2. The Labute approximate surface area is 194 Å². The van der Waals surface area contributed by atoms with Crippen molar-refractivity contribution >= 4 is 27.5 Å². The molecule has 2 aromatic carbocycles. The molecule has 0 radical (unpaired) electrons. The van der Waals surface area contributed by atoms with Crippen LogP contribution in [0.15, 0.2) is 48.5 Å². The second kappa shape index (κ2) is 10.5. The number of rotatable bonds is 8. The van der Waals surface area contributed by atoms with E-state index in [-0.39, 0.29) is 23.7 Å². The van der Waals surface area contributed by atoms with E-state index in [2.05, 4.69) is 10.6 Å². The maximum Gasteiger partial charge on any atom is 0.255 e. The van der Waals surface area contributed by atoms with Crippen LogP contribution < -0.4 is 10.6 Å². The van der Waals surface area contributed by atoms with Crippen molar-refractivity contribution in [2.24, 2.45) is 0 Å². The molecule has 8 nitrogen and oxygen atoms in total. The molecule has 2 fully saturated rings. The lowest BCUT2D eigenvalue weighted by Gasteiger charge is -2.15. The average molecular weight is 472 g/mol. The van der Waals surface area contributed by atoms with E-state index in [4.69, 9.17) is 4.74 Å². The van der Waals surface area contributed by atoms with Gasteiger partial charge in [-0.2, -0.15) is 0 Å². The highest BCUT2D eigenvalue weighted by Crippen LogP contribution is 2.20. The Bertz CT molecular complexity index is 1090. The standard InChI is InChI=1S/C24H29N3O5S/c28-23(19-11-9-18(10-12-19)17-33(30,31)27-13-3-4-14-27)26-22-8-2-1-7-21(22)24(29)25-16-20-6-5-15-32-20/h1-2,7-12,20H,3-6,13-17H2,(H,25,29)(H,26,28)/t20-/m1/s1. The van der Waals surface area contributed by atoms with Crippen LogP contribution in [-0.2, 0) is 20.5 Å². The van der Waals surface area contributed by atoms with Gasteiger partial charge in [-0.05, 0) is 55.5 Å². The van der Waals surface area contributed by atoms with Gasteiger partial charge in [-0.15, -0.1) is 0 Å². The fourth-order valence-corrected chi connectivity index (χ4v) is 5.72. The van der Waals surface area contributed by atoms with Gasteiger partial charge in [0.2, 0.25) is 10.0 Å². The van der Waals surface area contributed by atoms with Gasteiger partial charge in [-0.25, -0.2) is 12.7 Å². The maximum atomic E-state index is 12.8. The summed E-state index contributed by atoms with van der Waals surface area (Å²) in [6.07, 6.45) is 3.74. The third kappa shape index (κ3) is 5.98. The summed E-state index contributed by atoms with van der Waals surface area (Å²) in [6.45, 7) is 2.30. The highest BCUT2D eigenvalue weighted by molar-refractivity contribution is 7.88. The zero-order chi connectivity index (χ0) is 23.3. The van der Waals surface area contributed by atoms with Crippen molar-refractivity contribution in [2.45, 2.75) is 37.5 Å². The van der Waals surface area contributed by atoms with Gasteiger partial charge in [0.1, 0.15) is 0 Å². The molecular formula is C24H29N3O5S. The fourth-order valence-electron chi connectivity index (χ4n) is 4.11. The highest BCUT2D eigenvalue weighted by Gasteiger charge is 2.25. The largest absolute Gasteiger partial charge is 0.376 e. The van der Waals surface area contributed by atoms with Crippen molar-refractivity contribution in [3.05, 3.63) is 65.2 Å². The normalized spacial score (nSPS) is 18.8. The van der Waals surface area contributed by atoms with E-state index in [1.807, 2.05) is 0 Å². The maximum absolute atomic E-state index is 12.8. The van der Waals surface area contributed by atoms with E-state index in [0.717, 1.165) is 32.3 Å². The van der Waals surface area contributed by atoms with Crippen molar-refractivity contribution < 1.29 is 22.7 Å². The Morgan fingerprint density at radius 3 is 2.39 bits per heavy atom. The molecule has 0 unspecified atom stereocenters. The summed E-state index contributed by atoms with van der Waals surface area (Å²) >= 11 is 0. The Morgan fingerprint density at radius 1 is 0.970 bits per heavy atom. The molecule has 0 aromatic heterocycles. The Kier molecular flexibility index (Phi) is 7.42. The molecule has 33 heavy (non-hydrogen) atoms. The van der Waals surface area contributed by atoms with Crippen LogP contribution in [0.4, 0.5) is 5.69 Å². The lowest BCUT2D eigenvalue weighted by Crippen LogP contribution is -2.32. The molecule has 0 saturated carbocycles. The van der Waals surface area contributed by atoms with E-state index < -0.39 is 10.0 Å². The molecule has 2 heterocycles. The van der Waals surface area contributed by atoms with E-state index in [1.54, 1.807) is 48.5 Å². The third-order valence-electron chi connectivity index (χ3n) is 5.96. The van der Waals surface area contributed by atoms with Crippen molar-refractivity contribution in [3.63, 3.8) is 0 Å². The van der Waals surface area contributed by atoms with Crippen LogP contribution in [0.2, 0.25) is 0 Å². The highest BCUT2D eigenvalue weighted by atomic mass is 32.2. The van der Waals surface area contributed by atoms with Crippen LogP contribution in [0.5, 0.6) is 0 Å². The molecule has 2 N–H and O–H groups in total. The summed E-state index contributed by atoms with van der Waals surface area (Å²) < 4.78 is 32.1. The van der Waals surface area contributed by atoms with Crippen LogP contribution in [-0.4, -0.2) is 56.9 Å². The van der Waals surface area contributed by atoms with Gasteiger partial charge in [0.25, 0.3) is 11.8 Å². The molecule has 0 spiro atoms. The minimum absolute atomic E-state index is 0.0310. The molecule has 4 rings (SSSR count). The lowest BCUT2D eigenvalue weighted by molar-refractivity contribution is 0.0858. The Balaban J connectivity index is 1.38. The molecule has 9 heteroatoms. The summed E-state index contributed by atoms with van der Waals surface area (Å²) in [6, 6.07) is 13.3. The summed E-state index contributed by atoms with van der Waals surface area (Å²) in [5.41, 5.74) is 1.80. The van der Waals surface area contributed by atoms with Gasteiger partial charge in [0.15, 0.2) is 0 Å².